The molecule has 2 rings (SSSR count). The van der Waals surface area contributed by atoms with Gasteiger partial charge in [0.2, 0.25) is 11.8 Å². The number of amides is 2. The van der Waals surface area contributed by atoms with Gasteiger partial charge in [-0.2, -0.15) is 0 Å². The van der Waals surface area contributed by atoms with Gasteiger partial charge >= 0.3 is 0 Å². The summed E-state index contributed by atoms with van der Waals surface area (Å²) in [5.74, 6) is -0.912. The molecule has 0 spiro atoms. The number of hydrogen-bond acceptors (Lipinski definition) is 2. The molecular weight excluding hydrogens is 331 g/mol. The van der Waals surface area contributed by atoms with Gasteiger partial charge in [-0.15, -0.1) is 0 Å². The quantitative estimate of drug-likeness (QED) is 0.828. The molecule has 0 heterocycles. The minimum atomic E-state index is -0.637. The molecule has 4 nitrogen and oxygen atoms in total. The highest BCUT2D eigenvalue weighted by molar-refractivity contribution is 5.88. The van der Waals surface area contributed by atoms with Gasteiger partial charge in [0.25, 0.3) is 0 Å². The van der Waals surface area contributed by atoms with Gasteiger partial charge in [-0.1, -0.05) is 56.3 Å². The van der Waals surface area contributed by atoms with Crippen molar-refractivity contribution in [3.63, 3.8) is 0 Å². The Balaban J connectivity index is 2.35. The Morgan fingerprint density at radius 3 is 2.15 bits per heavy atom. The van der Waals surface area contributed by atoms with Crippen LogP contribution in [-0.2, 0) is 22.6 Å². The molecule has 0 aliphatic carbocycles. The SMILES string of the molecule is CNC(=O)[C@@H](Cc1ccccc1)N(Cc1ccc(F)cc1)C(=O)C(C)C. The Bertz CT molecular complexity index is 729. The van der Waals surface area contributed by atoms with Crippen molar-refractivity contribution in [2.75, 3.05) is 7.05 Å². The molecule has 1 N–H and O–H groups in total. The van der Waals surface area contributed by atoms with Crippen LogP contribution in [0.15, 0.2) is 54.6 Å². The maximum absolute atomic E-state index is 13.2. The van der Waals surface area contributed by atoms with E-state index in [9.17, 15) is 14.0 Å². The van der Waals surface area contributed by atoms with Gasteiger partial charge in [-0.25, -0.2) is 4.39 Å². The molecule has 2 aromatic carbocycles. The third-order valence-electron chi connectivity index (χ3n) is 4.24. The monoisotopic (exact) mass is 356 g/mol. The third-order valence-corrected chi connectivity index (χ3v) is 4.24. The van der Waals surface area contributed by atoms with Crippen LogP contribution in [0.2, 0.25) is 0 Å². The van der Waals surface area contributed by atoms with Gasteiger partial charge < -0.3 is 10.2 Å². The maximum Gasteiger partial charge on any atom is 0.242 e. The van der Waals surface area contributed by atoms with Crippen molar-refractivity contribution in [2.45, 2.75) is 32.9 Å². The van der Waals surface area contributed by atoms with Crippen molar-refractivity contribution in [1.29, 1.82) is 0 Å². The molecular formula is C21H25FN2O2. The topological polar surface area (TPSA) is 49.4 Å². The minimum absolute atomic E-state index is 0.112. The van der Waals surface area contributed by atoms with Gasteiger partial charge in [0.1, 0.15) is 11.9 Å². The second-order valence-electron chi connectivity index (χ2n) is 6.57. The molecule has 0 aromatic heterocycles. The number of likely N-dealkylation sites (N-methyl/N-ethyl adjacent to an activating group) is 1. The Labute approximate surface area is 154 Å². The summed E-state index contributed by atoms with van der Waals surface area (Å²) in [7, 11) is 1.57. The first kappa shape index (κ1) is 19.6. The van der Waals surface area contributed by atoms with Crippen LogP contribution in [-0.4, -0.2) is 29.8 Å². The average molecular weight is 356 g/mol. The fraction of sp³-hybridized carbons (Fsp3) is 0.333. The number of nitrogens with zero attached hydrogens (tertiary/aromatic N) is 1. The van der Waals surface area contributed by atoms with Crippen LogP contribution in [0.4, 0.5) is 4.39 Å². The van der Waals surface area contributed by atoms with E-state index >= 15 is 0 Å². The second-order valence-corrected chi connectivity index (χ2v) is 6.57. The fourth-order valence-corrected chi connectivity index (χ4v) is 2.81. The summed E-state index contributed by atoms with van der Waals surface area (Å²) >= 11 is 0. The van der Waals surface area contributed by atoms with Crippen LogP contribution in [0.25, 0.3) is 0 Å². The lowest BCUT2D eigenvalue weighted by Crippen LogP contribution is -2.50. The van der Waals surface area contributed by atoms with E-state index in [2.05, 4.69) is 5.32 Å². The normalized spacial score (nSPS) is 11.9. The minimum Gasteiger partial charge on any atom is -0.357 e. The van der Waals surface area contributed by atoms with E-state index in [1.54, 1.807) is 24.1 Å². The van der Waals surface area contributed by atoms with Gasteiger partial charge in [0.15, 0.2) is 0 Å². The van der Waals surface area contributed by atoms with E-state index in [1.807, 2.05) is 44.2 Å². The van der Waals surface area contributed by atoms with Crippen molar-refractivity contribution in [3.8, 4) is 0 Å². The number of nitrogens with one attached hydrogen (secondary N) is 1. The predicted octanol–water partition coefficient (Wildman–Crippen LogP) is 3.17. The molecule has 1 atom stereocenters. The lowest BCUT2D eigenvalue weighted by atomic mass is 10.0. The summed E-state index contributed by atoms with van der Waals surface area (Å²) in [4.78, 5) is 27.0. The summed E-state index contributed by atoms with van der Waals surface area (Å²) in [6.07, 6.45) is 0.417. The van der Waals surface area contributed by atoms with Crippen LogP contribution < -0.4 is 5.32 Å². The van der Waals surface area contributed by atoms with Crippen molar-refractivity contribution >= 4 is 11.8 Å². The van der Waals surface area contributed by atoms with E-state index in [4.69, 9.17) is 0 Å². The molecule has 2 aromatic rings. The lowest BCUT2D eigenvalue weighted by molar-refractivity contribution is -0.143. The van der Waals surface area contributed by atoms with Gasteiger partial charge in [-0.3, -0.25) is 9.59 Å². The first-order valence-corrected chi connectivity index (χ1v) is 8.72. The summed E-state index contributed by atoms with van der Waals surface area (Å²) in [5.41, 5.74) is 1.75. The Kier molecular flexibility index (Phi) is 6.89. The van der Waals surface area contributed by atoms with Crippen molar-refractivity contribution in [3.05, 3.63) is 71.5 Å². The van der Waals surface area contributed by atoms with Gasteiger partial charge in [-0.05, 0) is 23.3 Å². The van der Waals surface area contributed by atoms with E-state index < -0.39 is 6.04 Å². The largest absolute Gasteiger partial charge is 0.357 e. The first-order chi connectivity index (χ1) is 12.4. The highest BCUT2D eigenvalue weighted by atomic mass is 19.1. The molecule has 0 aliphatic rings. The zero-order chi connectivity index (χ0) is 19.1. The maximum atomic E-state index is 13.2. The van der Waals surface area contributed by atoms with Crippen LogP contribution in [0.5, 0.6) is 0 Å². The fourth-order valence-electron chi connectivity index (χ4n) is 2.81. The lowest BCUT2D eigenvalue weighted by Gasteiger charge is -2.32. The highest BCUT2D eigenvalue weighted by Gasteiger charge is 2.30. The number of carbonyl (C=O) groups excluding carboxylic acids is 2. The van der Waals surface area contributed by atoms with E-state index in [0.29, 0.717) is 6.42 Å². The molecule has 0 fully saturated rings. The van der Waals surface area contributed by atoms with Crippen LogP contribution in [0.3, 0.4) is 0 Å². The van der Waals surface area contributed by atoms with E-state index in [1.165, 1.54) is 12.1 Å². The predicted molar refractivity (Wildman–Crippen MR) is 99.8 cm³/mol. The molecule has 0 unspecified atom stereocenters. The molecule has 0 saturated carbocycles. The van der Waals surface area contributed by atoms with Crippen molar-refractivity contribution < 1.29 is 14.0 Å². The zero-order valence-corrected chi connectivity index (χ0v) is 15.4. The van der Waals surface area contributed by atoms with Gasteiger partial charge in [0.05, 0.1) is 0 Å². The smallest absolute Gasteiger partial charge is 0.242 e. The third kappa shape index (κ3) is 5.15. The van der Waals surface area contributed by atoms with Crippen LogP contribution in [0.1, 0.15) is 25.0 Å². The Hall–Kier alpha value is -2.69. The summed E-state index contributed by atoms with van der Waals surface area (Å²) in [6, 6.07) is 15.0. The molecule has 0 bridgehead atoms. The van der Waals surface area contributed by atoms with Gasteiger partial charge in [0, 0.05) is 25.9 Å². The Morgan fingerprint density at radius 2 is 1.62 bits per heavy atom. The second kappa shape index (κ2) is 9.13. The van der Waals surface area contributed by atoms with Crippen molar-refractivity contribution in [1.82, 2.24) is 10.2 Å². The molecule has 0 saturated heterocycles. The van der Waals surface area contributed by atoms with Crippen LogP contribution >= 0.6 is 0 Å². The van der Waals surface area contributed by atoms with E-state index in [-0.39, 0.29) is 30.1 Å². The van der Waals surface area contributed by atoms with Crippen molar-refractivity contribution in [2.24, 2.45) is 5.92 Å². The first-order valence-electron chi connectivity index (χ1n) is 8.72. The molecule has 0 aliphatic heterocycles. The molecule has 138 valence electrons. The number of benzene rings is 2. The molecule has 26 heavy (non-hydrogen) atoms. The van der Waals surface area contributed by atoms with Crippen LogP contribution in [0, 0.1) is 11.7 Å². The summed E-state index contributed by atoms with van der Waals surface area (Å²) in [5, 5.41) is 2.66. The summed E-state index contributed by atoms with van der Waals surface area (Å²) in [6.45, 7) is 3.87. The van der Waals surface area contributed by atoms with E-state index in [0.717, 1.165) is 11.1 Å². The highest BCUT2D eigenvalue weighted by Crippen LogP contribution is 2.17. The number of hydrogen-bond donors (Lipinski definition) is 1. The number of halogens is 1. The number of carbonyl (C=O) groups is 2. The standard InChI is InChI=1S/C21H25FN2O2/c1-15(2)21(26)24(14-17-9-11-18(22)12-10-17)19(20(25)23-3)13-16-7-5-4-6-8-16/h4-12,15,19H,13-14H2,1-3H3,(H,23,25)/t19-/m1/s1. The zero-order valence-electron chi connectivity index (χ0n) is 15.4. The molecule has 0 radical (unpaired) electrons. The molecule has 2 amide bonds. The summed E-state index contributed by atoms with van der Waals surface area (Å²) < 4.78 is 13.2. The Morgan fingerprint density at radius 1 is 1.00 bits per heavy atom. The number of rotatable bonds is 7. The average Bonchev–Trinajstić information content (AvgIpc) is 2.65. The molecule has 5 heteroatoms.